The number of hydrogen-bond donors (Lipinski definition) is 2. The van der Waals surface area contributed by atoms with Crippen molar-refractivity contribution in [1.82, 2.24) is 10.2 Å². The molecule has 1 aromatic heterocycles. The van der Waals surface area contributed by atoms with Crippen LogP contribution in [0, 0.1) is 12.7 Å². The summed E-state index contributed by atoms with van der Waals surface area (Å²) in [6, 6.07) is 4.18. The molecule has 18 heavy (non-hydrogen) atoms. The van der Waals surface area contributed by atoms with Crippen molar-refractivity contribution in [2.75, 3.05) is 17.7 Å². The van der Waals surface area contributed by atoms with Crippen molar-refractivity contribution in [3.8, 4) is 0 Å². The van der Waals surface area contributed by atoms with E-state index in [2.05, 4.69) is 20.8 Å². The summed E-state index contributed by atoms with van der Waals surface area (Å²) in [5.41, 5.74) is 0.277. The van der Waals surface area contributed by atoms with Crippen LogP contribution < -0.4 is 10.6 Å². The molecule has 6 nitrogen and oxygen atoms in total. The van der Waals surface area contributed by atoms with Gasteiger partial charge in [-0.1, -0.05) is 11.2 Å². The molecule has 0 unspecified atom stereocenters. The molecular weight excluding hydrogens is 239 g/mol. The lowest BCUT2D eigenvalue weighted by Gasteiger charge is -2.08. The van der Waals surface area contributed by atoms with Crippen molar-refractivity contribution in [2.45, 2.75) is 6.92 Å². The summed E-state index contributed by atoms with van der Waals surface area (Å²) in [4.78, 5) is 11.9. The van der Waals surface area contributed by atoms with Crippen LogP contribution in [-0.4, -0.2) is 23.2 Å². The van der Waals surface area contributed by atoms with Crippen LogP contribution in [0.15, 0.2) is 22.6 Å². The van der Waals surface area contributed by atoms with Gasteiger partial charge in [0.1, 0.15) is 5.82 Å². The molecule has 0 atom stereocenters. The van der Waals surface area contributed by atoms with Gasteiger partial charge >= 0.3 is 6.01 Å². The highest BCUT2D eigenvalue weighted by atomic mass is 19.1. The zero-order valence-corrected chi connectivity index (χ0v) is 9.82. The summed E-state index contributed by atoms with van der Waals surface area (Å²) >= 11 is 0. The average molecular weight is 250 g/mol. The molecule has 2 aromatic rings. The number of rotatable bonds is 3. The molecule has 2 rings (SSSR count). The lowest BCUT2D eigenvalue weighted by atomic mass is 10.1. The molecule has 1 aromatic carbocycles. The number of nitrogens with zero attached hydrogens (tertiary/aromatic N) is 2. The second kappa shape index (κ2) is 4.82. The van der Waals surface area contributed by atoms with E-state index in [0.717, 1.165) is 0 Å². The molecule has 1 amide bonds. The highest BCUT2D eigenvalue weighted by Gasteiger charge is 2.16. The van der Waals surface area contributed by atoms with Crippen LogP contribution in [0.2, 0.25) is 0 Å². The Bertz CT molecular complexity index is 582. The molecule has 7 heteroatoms. The molecule has 0 bridgehead atoms. The van der Waals surface area contributed by atoms with Crippen molar-refractivity contribution < 1.29 is 13.6 Å². The summed E-state index contributed by atoms with van der Waals surface area (Å²) in [5, 5.41) is 12.2. The predicted octanol–water partition coefficient (Wildman–Crippen LogP) is 1.81. The van der Waals surface area contributed by atoms with Crippen LogP contribution in [0.1, 0.15) is 16.2 Å². The molecule has 0 radical (unpaired) electrons. The first-order valence-corrected chi connectivity index (χ1v) is 5.19. The molecular formula is C11H11FN4O2. The molecule has 0 saturated carbocycles. The Hall–Kier alpha value is -2.44. The van der Waals surface area contributed by atoms with Gasteiger partial charge in [-0.15, -0.1) is 5.10 Å². The molecule has 0 aliphatic heterocycles. The fourth-order valence-electron chi connectivity index (χ4n) is 1.48. The van der Waals surface area contributed by atoms with Crippen LogP contribution >= 0.6 is 0 Å². The number of carbonyl (C=O) groups is 1. The fourth-order valence-corrected chi connectivity index (χ4v) is 1.48. The van der Waals surface area contributed by atoms with Gasteiger partial charge in [0.2, 0.25) is 5.89 Å². The number of aryl methyl sites for hydroxylation is 1. The standard InChI is InChI=1S/C11H11FN4O2/c1-6-15-16-11(18-6)14-10(17)7-4-3-5-8(12)9(7)13-2/h3-5,13H,1-2H3,(H,14,16,17). The third kappa shape index (κ3) is 2.29. The van der Waals surface area contributed by atoms with Crippen molar-refractivity contribution >= 4 is 17.6 Å². The first kappa shape index (κ1) is 12.0. The molecule has 0 aliphatic rings. The number of nitrogens with one attached hydrogen (secondary N) is 2. The molecule has 94 valence electrons. The Kier molecular flexibility index (Phi) is 3.22. The zero-order chi connectivity index (χ0) is 13.1. The van der Waals surface area contributed by atoms with E-state index >= 15 is 0 Å². The quantitative estimate of drug-likeness (QED) is 0.868. The van der Waals surface area contributed by atoms with Gasteiger partial charge in [-0.25, -0.2) is 4.39 Å². The van der Waals surface area contributed by atoms with Gasteiger partial charge < -0.3 is 9.73 Å². The van der Waals surface area contributed by atoms with E-state index in [9.17, 15) is 9.18 Å². The molecule has 0 saturated heterocycles. The molecule has 0 aliphatic carbocycles. The third-order valence-electron chi connectivity index (χ3n) is 2.25. The Morgan fingerprint density at radius 3 is 2.78 bits per heavy atom. The van der Waals surface area contributed by atoms with Crippen LogP contribution in [0.25, 0.3) is 0 Å². The number of carbonyl (C=O) groups excluding carboxylic acids is 1. The minimum Gasteiger partial charge on any atom is -0.408 e. The lowest BCUT2D eigenvalue weighted by Crippen LogP contribution is -2.15. The summed E-state index contributed by atoms with van der Waals surface area (Å²) in [5.74, 6) is -0.701. The maximum Gasteiger partial charge on any atom is 0.322 e. The van der Waals surface area contributed by atoms with Crippen LogP contribution in [0.3, 0.4) is 0 Å². The van der Waals surface area contributed by atoms with Crippen LogP contribution in [-0.2, 0) is 0 Å². The normalized spacial score (nSPS) is 10.2. The molecule has 2 N–H and O–H groups in total. The van der Waals surface area contributed by atoms with E-state index in [4.69, 9.17) is 4.42 Å². The second-order valence-corrected chi connectivity index (χ2v) is 3.49. The van der Waals surface area contributed by atoms with E-state index in [1.807, 2.05) is 0 Å². The number of hydrogen-bond acceptors (Lipinski definition) is 5. The number of aromatic nitrogens is 2. The topological polar surface area (TPSA) is 80.0 Å². The highest BCUT2D eigenvalue weighted by molar-refractivity contribution is 6.07. The van der Waals surface area contributed by atoms with Crippen molar-refractivity contribution in [3.05, 3.63) is 35.5 Å². The molecule has 0 spiro atoms. The Labute approximate surface area is 102 Å². The monoisotopic (exact) mass is 250 g/mol. The van der Waals surface area contributed by atoms with E-state index < -0.39 is 11.7 Å². The summed E-state index contributed by atoms with van der Waals surface area (Å²) in [6.45, 7) is 1.60. The average Bonchev–Trinajstić information content (AvgIpc) is 2.74. The summed E-state index contributed by atoms with van der Waals surface area (Å²) in [6.07, 6.45) is 0. The minimum atomic E-state index is -0.525. The van der Waals surface area contributed by atoms with Gasteiger partial charge in [0.15, 0.2) is 0 Å². The third-order valence-corrected chi connectivity index (χ3v) is 2.25. The lowest BCUT2D eigenvalue weighted by molar-refractivity contribution is 0.102. The number of halogens is 1. The van der Waals surface area contributed by atoms with Crippen molar-refractivity contribution in [2.24, 2.45) is 0 Å². The number of para-hydroxylation sites is 1. The van der Waals surface area contributed by atoms with Gasteiger partial charge in [-0.05, 0) is 12.1 Å². The smallest absolute Gasteiger partial charge is 0.322 e. The number of benzene rings is 1. The molecule has 1 heterocycles. The first-order valence-electron chi connectivity index (χ1n) is 5.19. The Morgan fingerprint density at radius 2 is 2.17 bits per heavy atom. The van der Waals surface area contributed by atoms with Gasteiger partial charge in [0.25, 0.3) is 5.91 Å². The largest absolute Gasteiger partial charge is 0.408 e. The van der Waals surface area contributed by atoms with Gasteiger partial charge in [0, 0.05) is 14.0 Å². The minimum absolute atomic E-state index is 0.0242. The van der Waals surface area contributed by atoms with E-state index in [0.29, 0.717) is 5.89 Å². The number of amides is 1. The first-order chi connectivity index (χ1) is 8.61. The van der Waals surface area contributed by atoms with E-state index in [1.165, 1.54) is 25.2 Å². The fraction of sp³-hybridized carbons (Fsp3) is 0.182. The van der Waals surface area contributed by atoms with Crippen molar-refractivity contribution in [1.29, 1.82) is 0 Å². The Morgan fingerprint density at radius 1 is 1.39 bits per heavy atom. The van der Waals surface area contributed by atoms with Gasteiger partial charge in [-0.3, -0.25) is 10.1 Å². The SMILES string of the molecule is CNc1c(F)cccc1C(=O)Nc1nnc(C)o1. The van der Waals surface area contributed by atoms with E-state index in [1.54, 1.807) is 6.92 Å². The van der Waals surface area contributed by atoms with Crippen LogP contribution in [0.5, 0.6) is 0 Å². The maximum atomic E-state index is 13.5. The predicted molar refractivity (Wildman–Crippen MR) is 62.9 cm³/mol. The van der Waals surface area contributed by atoms with E-state index in [-0.39, 0.29) is 17.3 Å². The summed E-state index contributed by atoms with van der Waals surface area (Å²) < 4.78 is 18.5. The maximum absolute atomic E-state index is 13.5. The van der Waals surface area contributed by atoms with Crippen LogP contribution in [0.4, 0.5) is 16.1 Å². The van der Waals surface area contributed by atoms with Crippen molar-refractivity contribution in [3.63, 3.8) is 0 Å². The highest BCUT2D eigenvalue weighted by Crippen LogP contribution is 2.20. The second-order valence-electron chi connectivity index (χ2n) is 3.49. The zero-order valence-electron chi connectivity index (χ0n) is 9.82. The molecule has 0 fully saturated rings. The van der Waals surface area contributed by atoms with Gasteiger partial charge in [0.05, 0.1) is 11.3 Å². The Balaban J connectivity index is 2.26. The number of anilines is 2. The van der Waals surface area contributed by atoms with Gasteiger partial charge in [-0.2, -0.15) is 0 Å². The summed E-state index contributed by atoms with van der Waals surface area (Å²) in [7, 11) is 1.53.